The van der Waals surface area contributed by atoms with Crippen LogP contribution in [0.1, 0.15) is 58.9 Å². The summed E-state index contributed by atoms with van der Waals surface area (Å²) in [6.45, 7) is 4.69. The number of ketones is 2. The van der Waals surface area contributed by atoms with Crippen molar-refractivity contribution in [3.8, 4) is 0 Å². The Labute approximate surface area is 178 Å². The van der Waals surface area contributed by atoms with Gasteiger partial charge in [0.25, 0.3) is 0 Å². The van der Waals surface area contributed by atoms with Crippen LogP contribution in [-0.4, -0.2) is 17.7 Å². The van der Waals surface area contributed by atoms with Crippen LogP contribution >= 0.6 is 27.0 Å². The minimum atomic E-state index is -0.387. The largest absolute Gasteiger partial charge is 0.366 e. The van der Waals surface area contributed by atoms with E-state index in [-0.39, 0.29) is 58.1 Å². The maximum atomic E-state index is 13.1. The quantitative estimate of drug-likeness (QED) is 0.629. The van der Waals surface area contributed by atoms with E-state index in [1.54, 1.807) is 0 Å². The van der Waals surface area contributed by atoms with Crippen LogP contribution in [0.4, 0.5) is 0 Å². The SMILES string of the molecule is C.CC(C)C[C@H](OCc1ccccc1)C(=O)C1CC[C@H]2CCC(=O)[C@@H]12.S.S. The number of fused-ring (bicyclic) bond motifs is 1. The molecule has 3 nitrogen and oxygen atoms in total. The van der Waals surface area contributed by atoms with E-state index in [1.807, 2.05) is 30.3 Å². The Morgan fingerprint density at radius 3 is 2.41 bits per heavy atom. The van der Waals surface area contributed by atoms with Crippen molar-refractivity contribution in [1.29, 1.82) is 0 Å². The van der Waals surface area contributed by atoms with E-state index < -0.39 is 0 Å². The summed E-state index contributed by atoms with van der Waals surface area (Å²) in [6.07, 6.45) is 3.88. The summed E-state index contributed by atoms with van der Waals surface area (Å²) in [6, 6.07) is 9.98. The molecule has 3 rings (SSSR count). The van der Waals surface area contributed by atoms with Crippen LogP contribution in [0.5, 0.6) is 0 Å². The second-order valence-corrected chi connectivity index (χ2v) is 7.79. The Bertz CT molecular complexity index is 588. The lowest BCUT2D eigenvalue weighted by Gasteiger charge is -2.24. The molecule has 2 fully saturated rings. The number of Topliss-reactive ketones (excluding diaryl/α,β-unsaturated/α-hetero) is 2. The number of carbonyl (C=O) groups excluding carboxylic acids is 2. The Hall–Kier alpha value is -0.780. The van der Waals surface area contributed by atoms with Gasteiger partial charge < -0.3 is 4.74 Å². The smallest absolute Gasteiger partial charge is 0.165 e. The Morgan fingerprint density at radius 2 is 1.78 bits per heavy atom. The molecule has 27 heavy (non-hydrogen) atoms. The molecule has 2 saturated carbocycles. The van der Waals surface area contributed by atoms with E-state index in [2.05, 4.69) is 13.8 Å². The number of benzene rings is 1. The van der Waals surface area contributed by atoms with Crippen molar-refractivity contribution in [3.05, 3.63) is 35.9 Å². The predicted molar refractivity (Wildman–Crippen MR) is 121 cm³/mol. The molecule has 0 saturated heterocycles. The van der Waals surface area contributed by atoms with Crippen LogP contribution in [0, 0.1) is 23.7 Å². The van der Waals surface area contributed by atoms with E-state index >= 15 is 0 Å². The molecule has 1 aromatic rings. The molecular weight excluding hydrogens is 376 g/mol. The summed E-state index contributed by atoms with van der Waals surface area (Å²) < 4.78 is 6.04. The van der Waals surface area contributed by atoms with E-state index in [4.69, 9.17) is 4.74 Å². The van der Waals surface area contributed by atoms with Crippen molar-refractivity contribution in [2.75, 3.05) is 0 Å². The van der Waals surface area contributed by atoms with E-state index in [9.17, 15) is 9.59 Å². The highest BCUT2D eigenvalue weighted by Crippen LogP contribution is 2.46. The first-order valence-electron chi connectivity index (χ1n) is 9.28. The predicted octanol–water partition coefficient (Wildman–Crippen LogP) is 5.05. The van der Waals surface area contributed by atoms with Gasteiger partial charge in [-0.1, -0.05) is 51.6 Å². The second-order valence-electron chi connectivity index (χ2n) is 7.79. The average Bonchev–Trinajstić information content (AvgIpc) is 3.15. The molecule has 0 aliphatic heterocycles. The highest BCUT2D eigenvalue weighted by Gasteiger charge is 2.48. The summed E-state index contributed by atoms with van der Waals surface area (Å²) in [5, 5.41) is 0. The van der Waals surface area contributed by atoms with Gasteiger partial charge in [0.1, 0.15) is 11.9 Å². The summed E-state index contributed by atoms with van der Waals surface area (Å²) in [4.78, 5) is 25.3. The van der Waals surface area contributed by atoms with Gasteiger partial charge >= 0.3 is 0 Å². The third-order valence-corrected chi connectivity index (χ3v) is 5.59. The highest BCUT2D eigenvalue weighted by atomic mass is 32.1. The minimum absolute atomic E-state index is 0. The standard InChI is InChI=1S/C21H28O3.CH4.2H2S/c1-14(2)12-19(24-13-15-6-4-3-5-7-15)21(23)17-10-8-16-9-11-18(22)20(16)17;;;/h3-7,14,16-17,19-20H,8-13H2,1-2H3;1H4;2*1H2/t16-,17?,19-,20+;;;/m0.../s1. The van der Waals surface area contributed by atoms with Crippen LogP contribution in [0.2, 0.25) is 0 Å². The van der Waals surface area contributed by atoms with E-state index in [0.717, 1.165) is 31.2 Å². The fraction of sp³-hybridized carbons (Fsp3) is 0.636. The van der Waals surface area contributed by atoms with Crippen molar-refractivity contribution in [2.45, 2.75) is 66.1 Å². The second kappa shape index (κ2) is 11.9. The van der Waals surface area contributed by atoms with Gasteiger partial charge in [0.2, 0.25) is 0 Å². The van der Waals surface area contributed by atoms with Crippen molar-refractivity contribution >= 4 is 38.6 Å². The number of rotatable bonds is 7. The van der Waals surface area contributed by atoms with Crippen molar-refractivity contribution in [1.82, 2.24) is 0 Å². The molecule has 0 N–H and O–H groups in total. The maximum Gasteiger partial charge on any atom is 0.165 e. The molecule has 1 aromatic carbocycles. The third-order valence-electron chi connectivity index (χ3n) is 5.59. The molecule has 0 amide bonds. The van der Waals surface area contributed by atoms with Crippen molar-refractivity contribution in [3.63, 3.8) is 0 Å². The molecule has 5 heteroatoms. The van der Waals surface area contributed by atoms with Gasteiger partial charge in [-0.05, 0) is 43.1 Å². The zero-order chi connectivity index (χ0) is 17.1. The summed E-state index contributed by atoms with van der Waals surface area (Å²) in [7, 11) is 0. The number of hydrogen-bond acceptors (Lipinski definition) is 3. The first-order chi connectivity index (χ1) is 11.6. The van der Waals surface area contributed by atoms with E-state index in [0.29, 0.717) is 30.6 Å². The van der Waals surface area contributed by atoms with Gasteiger partial charge in [0.05, 0.1) is 6.61 Å². The van der Waals surface area contributed by atoms with Gasteiger partial charge in [-0.25, -0.2) is 0 Å². The third kappa shape index (κ3) is 6.37. The first kappa shape index (κ1) is 26.2. The number of carbonyl (C=O) groups is 2. The lowest BCUT2D eigenvalue weighted by atomic mass is 9.84. The van der Waals surface area contributed by atoms with Crippen LogP contribution < -0.4 is 0 Å². The molecule has 1 unspecified atom stereocenters. The topological polar surface area (TPSA) is 43.4 Å². The first-order valence-corrected chi connectivity index (χ1v) is 9.28. The molecule has 0 bridgehead atoms. The van der Waals surface area contributed by atoms with Crippen LogP contribution in [-0.2, 0) is 20.9 Å². The maximum absolute atomic E-state index is 13.1. The Balaban J connectivity index is 0.00000225. The molecule has 4 atom stereocenters. The summed E-state index contributed by atoms with van der Waals surface area (Å²) in [5.74, 6) is 1.19. The van der Waals surface area contributed by atoms with Gasteiger partial charge in [0.15, 0.2) is 5.78 Å². The molecule has 2 aliphatic carbocycles. The van der Waals surface area contributed by atoms with Crippen molar-refractivity contribution < 1.29 is 14.3 Å². The zero-order valence-corrected chi connectivity index (χ0v) is 17.7. The molecule has 2 aliphatic rings. The molecule has 0 spiro atoms. The monoisotopic (exact) mass is 412 g/mol. The van der Waals surface area contributed by atoms with E-state index in [1.165, 1.54) is 0 Å². The normalized spacial score (nSPS) is 24.4. The zero-order valence-electron chi connectivity index (χ0n) is 15.7. The summed E-state index contributed by atoms with van der Waals surface area (Å²) in [5.41, 5.74) is 1.08. The fourth-order valence-corrected chi connectivity index (χ4v) is 4.41. The van der Waals surface area contributed by atoms with Crippen LogP contribution in [0.3, 0.4) is 0 Å². The average molecular weight is 413 g/mol. The Morgan fingerprint density at radius 1 is 1.11 bits per heavy atom. The number of hydrogen-bond donors (Lipinski definition) is 0. The fourth-order valence-electron chi connectivity index (χ4n) is 4.41. The van der Waals surface area contributed by atoms with Gasteiger partial charge in [-0.3, -0.25) is 9.59 Å². The molecule has 0 heterocycles. The highest BCUT2D eigenvalue weighted by molar-refractivity contribution is 7.59. The Kier molecular flexibility index (Phi) is 11.6. The van der Waals surface area contributed by atoms with Gasteiger partial charge in [0, 0.05) is 18.3 Å². The lowest BCUT2D eigenvalue weighted by Crippen LogP contribution is -2.35. The minimum Gasteiger partial charge on any atom is -0.366 e. The van der Waals surface area contributed by atoms with Gasteiger partial charge in [-0.2, -0.15) is 27.0 Å². The van der Waals surface area contributed by atoms with Crippen molar-refractivity contribution in [2.24, 2.45) is 23.7 Å². The molecule has 154 valence electrons. The summed E-state index contributed by atoms with van der Waals surface area (Å²) >= 11 is 0. The molecular formula is C22H36O3S2. The number of ether oxygens (including phenoxy) is 1. The molecule has 0 radical (unpaired) electrons. The molecule has 0 aromatic heterocycles. The van der Waals surface area contributed by atoms with Crippen LogP contribution in [0.15, 0.2) is 30.3 Å². The lowest BCUT2D eigenvalue weighted by molar-refractivity contribution is -0.140. The van der Waals surface area contributed by atoms with Crippen LogP contribution in [0.25, 0.3) is 0 Å². The van der Waals surface area contributed by atoms with Gasteiger partial charge in [-0.15, -0.1) is 0 Å².